The van der Waals surface area contributed by atoms with Crippen molar-refractivity contribution >= 4 is 11.5 Å². The van der Waals surface area contributed by atoms with Gasteiger partial charge in [0.2, 0.25) is 0 Å². The maximum absolute atomic E-state index is 12.7. The Kier molecular flexibility index (Phi) is 9.96. The quantitative estimate of drug-likeness (QED) is 0.209. The first-order valence-corrected chi connectivity index (χ1v) is 11.9. The van der Waals surface area contributed by atoms with Gasteiger partial charge in [0.25, 0.3) is 0 Å². The Bertz CT molecular complexity index is 933. The molecule has 3 N–H and O–H groups in total. The van der Waals surface area contributed by atoms with Crippen molar-refractivity contribution in [2.24, 2.45) is 5.92 Å². The van der Waals surface area contributed by atoms with Gasteiger partial charge in [0.15, 0.2) is 0 Å². The molecule has 1 aliphatic heterocycles. The summed E-state index contributed by atoms with van der Waals surface area (Å²) in [6, 6.07) is 7.08. The van der Waals surface area contributed by atoms with Crippen LogP contribution in [0.15, 0.2) is 67.2 Å². The van der Waals surface area contributed by atoms with Crippen molar-refractivity contribution in [1.82, 2.24) is 0 Å². The predicted octanol–water partition coefficient (Wildman–Crippen LogP) is 2.89. The molecule has 2 aliphatic rings. The Labute approximate surface area is 205 Å². The molecule has 35 heavy (non-hydrogen) atoms. The average molecular weight is 487 g/mol. The van der Waals surface area contributed by atoms with Gasteiger partial charge in [0, 0.05) is 18.8 Å². The van der Waals surface area contributed by atoms with Crippen molar-refractivity contribution in [3.63, 3.8) is 0 Å². The summed E-state index contributed by atoms with van der Waals surface area (Å²) in [5, 5.41) is 29.4. The molecule has 5 atom stereocenters. The number of esters is 1. The summed E-state index contributed by atoms with van der Waals surface area (Å²) >= 11 is 0. The summed E-state index contributed by atoms with van der Waals surface area (Å²) in [7, 11) is 0. The van der Waals surface area contributed by atoms with E-state index in [-0.39, 0.29) is 19.1 Å². The fraction of sp³-hybridized carbons (Fsp3) is 0.444. The zero-order chi connectivity index (χ0) is 25.2. The first kappa shape index (κ1) is 26.5. The van der Waals surface area contributed by atoms with Crippen LogP contribution in [-0.4, -0.2) is 65.5 Å². The van der Waals surface area contributed by atoms with Gasteiger partial charge in [-0.25, -0.2) is 4.79 Å². The lowest BCUT2D eigenvalue weighted by atomic mass is 9.90. The first-order chi connectivity index (χ1) is 16.9. The summed E-state index contributed by atoms with van der Waals surface area (Å²) in [5.74, 6) is 0.597. The van der Waals surface area contributed by atoms with Crippen LogP contribution in [0.25, 0.3) is 5.57 Å². The van der Waals surface area contributed by atoms with Crippen LogP contribution in [-0.2, 0) is 19.0 Å². The number of carbonyl (C=O) groups excluding carboxylic acids is 1. The van der Waals surface area contributed by atoms with Crippen molar-refractivity contribution in [3.05, 3.63) is 72.7 Å². The Morgan fingerprint density at radius 2 is 1.83 bits per heavy atom. The maximum Gasteiger partial charge on any atom is 0.339 e. The number of benzene rings is 1. The van der Waals surface area contributed by atoms with E-state index >= 15 is 0 Å². The van der Waals surface area contributed by atoms with Gasteiger partial charge in [-0.2, -0.15) is 0 Å². The molecule has 5 unspecified atom stereocenters. The highest BCUT2D eigenvalue weighted by Crippen LogP contribution is 2.32. The van der Waals surface area contributed by atoms with Crippen LogP contribution in [0.5, 0.6) is 5.75 Å². The van der Waals surface area contributed by atoms with Crippen molar-refractivity contribution in [3.8, 4) is 5.75 Å². The summed E-state index contributed by atoms with van der Waals surface area (Å²) in [6.07, 6.45) is 7.17. The van der Waals surface area contributed by atoms with E-state index in [2.05, 4.69) is 6.58 Å². The van der Waals surface area contributed by atoms with Crippen LogP contribution in [0, 0.1) is 5.92 Å². The minimum atomic E-state index is -0.820. The third-order valence-electron chi connectivity index (χ3n) is 5.85. The lowest BCUT2D eigenvalue weighted by Crippen LogP contribution is -2.31. The van der Waals surface area contributed by atoms with Crippen LogP contribution >= 0.6 is 0 Å². The smallest absolute Gasteiger partial charge is 0.339 e. The lowest BCUT2D eigenvalue weighted by molar-refractivity contribution is -0.141. The van der Waals surface area contributed by atoms with Gasteiger partial charge < -0.3 is 34.3 Å². The molecule has 1 heterocycles. The molecule has 0 fully saturated rings. The second kappa shape index (κ2) is 13.1. The highest BCUT2D eigenvalue weighted by molar-refractivity contribution is 6.17. The minimum absolute atomic E-state index is 0.107. The van der Waals surface area contributed by atoms with Gasteiger partial charge in [0.05, 0.1) is 43.4 Å². The molecule has 0 amide bonds. The topological polar surface area (TPSA) is 115 Å². The normalized spacial score (nSPS) is 21.5. The summed E-state index contributed by atoms with van der Waals surface area (Å²) in [6.45, 7) is 6.00. The van der Waals surface area contributed by atoms with Crippen LogP contribution in [0.2, 0.25) is 0 Å². The molecule has 3 rings (SSSR count). The first-order valence-electron chi connectivity index (χ1n) is 11.9. The summed E-state index contributed by atoms with van der Waals surface area (Å²) in [5.41, 5.74) is 1.19. The van der Waals surface area contributed by atoms with E-state index in [1.807, 2.05) is 25.2 Å². The summed E-state index contributed by atoms with van der Waals surface area (Å²) in [4.78, 5) is 12.7. The van der Waals surface area contributed by atoms with Crippen molar-refractivity contribution in [1.29, 1.82) is 0 Å². The Balaban J connectivity index is 1.53. The van der Waals surface area contributed by atoms with E-state index in [0.717, 1.165) is 0 Å². The minimum Gasteiger partial charge on any atom is -0.502 e. The van der Waals surface area contributed by atoms with Gasteiger partial charge in [0.1, 0.15) is 24.2 Å². The molecule has 1 aromatic carbocycles. The molecule has 0 bridgehead atoms. The number of allylic oxidation sites excluding steroid dienone is 1. The number of carbonyl (C=O) groups is 1. The standard InChI is InChI=1S/C27H34O8/c1-3-24(29)25(30)12-14-33-21-8-5-18(6-9-21)23-15-19-7-10-22(16-26(19)35-27(23)31)34-17-20(28)11-13-32-4-2/h4-10,15-16,19-20,24-26,28-30H,2-3,11-14,17H2,1H3. The second-order valence-corrected chi connectivity index (χ2v) is 8.45. The number of ether oxygens (including phenoxy) is 4. The van der Waals surface area contributed by atoms with Gasteiger partial charge in [-0.15, -0.1) is 0 Å². The van der Waals surface area contributed by atoms with Gasteiger partial charge in [-0.1, -0.05) is 37.8 Å². The molecule has 1 aliphatic carbocycles. The van der Waals surface area contributed by atoms with Gasteiger partial charge in [-0.05, 0) is 36.3 Å². The molecule has 0 aromatic heterocycles. The molecule has 8 heteroatoms. The second-order valence-electron chi connectivity index (χ2n) is 8.45. The van der Waals surface area contributed by atoms with E-state index in [0.29, 0.717) is 48.5 Å². The van der Waals surface area contributed by atoms with E-state index in [1.165, 1.54) is 6.26 Å². The van der Waals surface area contributed by atoms with Crippen molar-refractivity contribution in [2.75, 3.05) is 19.8 Å². The van der Waals surface area contributed by atoms with E-state index < -0.39 is 30.4 Å². The lowest BCUT2D eigenvalue weighted by Gasteiger charge is -2.29. The molecule has 0 spiro atoms. The Hall–Kier alpha value is -3.07. The Morgan fingerprint density at radius 1 is 1.06 bits per heavy atom. The van der Waals surface area contributed by atoms with Crippen LogP contribution in [0.4, 0.5) is 0 Å². The summed E-state index contributed by atoms with van der Waals surface area (Å²) < 4.78 is 21.9. The SMILES string of the molecule is C=COCCC(O)COC1=CC2OC(=O)C(c3ccc(OCCC(O)C(O)CC)cc3)=CC2C=C1. The number of rotatable bonds is 14. The number of aliphatic hydroxyl groups is 3. The van der Waals surface area contributed by atoms with Gasteiger partial charge in [-0.3, -0.25) is 0 Å². The highest BCUT2D eigenvalue weighted by Gasteiger charge is 2.31. The largest absolute Gasteiger partial charge is 0.502 e. The fourth-order valence-electron chi connectivity index (χ4n) is 3.72. The predicted molar refractivity (Wildman–Crippen MR) is 130 cm³/mol. The average Bonchev–Trinajstić information content (AvgIpc) is 2.87. The number of aliphatic hydroxyl groups excluding tert-OH is 3. The number of hydrogen-bond donors (Lipinski definition) is 3. The van der Waals surface area contributed by atoms with E-state index in [9.17, 15) is 20.1 Å². The molecule has 8 nitrogen and oxygen atoms in total. The third kappa shape index (κ3) is 7.71. The molecular formula is C27H34O8. The third-order valence-corrected chi connectivity index (χ3v) is 5.85. The van der Waals surface area contributed by atoms with E-state index in [4.69, 9.17) is 18.9 Å². The van der Waals surface area contributed by atoms with Crippen molar-refractivity contribution in [2.45, 2.75) is 50.6 Å². The highest BCUT2D eigenvalue weighted by atomic mass is 16.5. The zero-order valence-electron chi connectivity index (χ0n) is 19.9. The fourth-order valence-corrected chi connectivity index (χ4v) is 3.72. The molecule has 1 aromatic rings. The van der Waals surface area contributed by atoms with Gasteiger partial charge >= 0.3 is 5.97 Å². The molecular weight excluding hydrogens is 452 g/mol. The van der Waals surface area contributed by atoms with Crippen LogP contribution in [0.1, 0.15) is 31.7 Å². The molecule has 0 radical (unpaired) electrons. The maximum atomic E-state index is 12.7. The van der Waals surface area contributed by atoms with Crippen molar-refractivity contribution < 1.29 is 39.1 Å². The van der Waals surface area contributed by atoms with Crippen LogP contribution < -0.4 is 4.74 Å². The monoisotopic (exact) mass is 486 g/mol. The number of hydrogen-bond acceptors (Lipinski definition) is 8. The molecule has 0 saturated carbocycles. The molecule has 190 valence electrons. The molecule has 0 saturated heterocycles. The van der Waals surface area contributed by atoms with Crippen LogP contribution in [0.3, 0.4) is 0 Å². The van der Waals surface area contributed by atoms with E-state index in [1.54, 1.807) is 30.3 Å². The zero-order valence-corrected chi connectivity index (χ0v) is 19.9. The Morgan fingerprint density at radius 3 is 2.54 bits per heavy atom. The number of fused-ring (bicyclic) bond motifs is 1.